The van der Waals surface area contributed by atoms with E-state index in [1.807, 2.05) is 0 Å². The second-order valence-corrected chi connectivity index (χ2v) is 7.63. The molecule has 1 atom stereocenters. The minimum absolute atomic E-state index is 0.315. The predicted octanol–water partition coefficient (Wildman–Crippen LogP) is 2.14. The lowest BCUT2D eigenvalue weighted by Crippen LogP contribution is -2.46. The Morgan fingerprint density at radius 2 is 1.60 bits per heavy atom. The molecule has 0 bridgehead atoms. The molecule has 0 radical (unpaired) electrons. The van der Waals surface area contributed by atoms with Crippen molar-refractivity contribution in [3.8, 4) is 0 Å². The zero-order valence-electron chi connectivity index (χ0n) is 8.15. The van der Waals surface area contributed by atoms with Crippen molar-refractivity contribution < 1.29 is 0 Å². The van der Waals surface area contributed by atoms with Crippen LogP contribution in [0.1, 0.15) is 34.6 Å². The van der Waals surface area contributed by atoms with Crippen LogP contribution in [-0.2, 0) is 0 Å². The fourth-order valence-corrected chi connectivity index (χ4v) is 2.55. The van der Waals surface area contributed by atoms with Crippen LogP contribution in [0.5, 0.6) is 0 Å². The van der Waals surface area contributed by atoms with Gasteiger partial charge in [-0.1, -0.05) is 20.4 Å². The Morgan fingerprint density at radius 1 is 1.20 bits per heavy atom. The van der Waals surface area contributed by atoms with Gasteiger partial charge in [-0.25, -0.2) is 0 Å². The van der Waals surface area contributed by atoms with Crippen molar-refractivity contribution in [2.75, 3.05) is 0 Å². The summed E-state index contributed by atoms with van der Waals surface area (Å²) in [5.41, 5.74) is 1.18. The van der Waals surface area contributed by atoms with Crippen LogP contribution >= 0.6 is 0 Å². The molecule has 0 aliphatic carbocycles. The van der Waals surface area contributed by atoms with Gasteiger partial charge in [-0.15, -0.1) is 0 Å². The second-order valence-electron chi connectivity index (χ2n) is 4.43. The molecule has 0 aromatic carbocycles. The summed E-state index contributed by atoms with van der Waals surface area (Å²) in [6, 6.07) is 0. The molecule has 0 fully saturated rings. The van der Waals surface area contributed by atoms with E-state index in [-0.39, 0.29) is 0 Å². The molecular formula is C8H21NSi. The van der Waals surface area contributed by atoms with Gasteiger partial charge in [0.25, 0.3) is 0 Å². The molecule has 0 saturated heterocycles. The molecule has 1 unspecified atom stereocenters. The molecule has 0 spiro atoms. The summed E-state index contributed by atoms with van der Waals surface area (Å²) in [6.07, 6.45) is 0. The molecule has 0 amide bonds. The maximum absolute atomic E-state index is 3.66. The average molecular weight is 159 g/mol. The average Bonchev–Trinajstić information content (AvgIpc) is 1.60. The Bertz CT molecular complexity index is 93.9. The van der Waals surface area contributed by atoms with Crippen LogP contribution in [0, 0.1) is 0 Å². The molecule has 10 heavy (non-hydrogen) atoms. The minimum atomic E-state index is -0.650. The van der Waals surface area contributed by atoms with E-state index in [1.54, 1.807) is 0 Å². The van der Waals surface area contributed by atoms with Gasteiger partial charge in [-0.2, -0.15) is 0 Å². The zero-order chi connectivity index (χ0) is 8.36. The van der Waals surface area contributed by atoms with Gasteiger partial charge in [-0.05, 0) is 26.3 Å². The Hall–Kier alpha value is 0.177. The fraction of sp³-hybridized carbons (Fsp3) is 1.00. The van der Waals surface area contributed by atoms with Crippen LogP contribution in [0.4, 0.5) is 0 Å². The Labute approximate surface area is 66.9 Å². The summed E-state index contributed by atoms with van der Waals surface area (Å²) in [5.74, 6) is 0. The topological polar surface area (TPSA) is 12.0 Å². The van der Waals surface area contributed by atoms with Crippen molar-refractivity contribution in [1.82, 2.24) is 4.98 Å². The van der Waals surface area contributed by atoms with Crippen molar-refractivity contribution in [2.24, 2.45) is 0 Å². The lowest BCUT2D eigenvalue weighted by atomic mass is 10.1. The Kier molecular flexibility index (Phi) is 3.60. The van der Waals surface area contributed by atoms with E-state index in [2.05, 4.69) is 46.1 Å². The monoisotopic (exact) mass is 159 g/mol. The van der Waals surface area contributed by atoms with E-state index >= 15 is 0 Å². The van der Waals surface area contributed by atoms with Gasteiger partial charge < -0.3 is 4.98 Å². The Morgan fingerprint density at radius 3 is 1.70 bits per heavy atom. The molecule has 0 heterocycles. The van der Waals surface area contributed by atoms with E-state index < -0.39 is 8.96 Å². The first-order chi connectivity index (χ1) is 4.33. The molecule has 0 aliphatic heterocycles. The molecule has 0 aromatic rings. The summed E-state index contributed by atoms with van der Waals surface area (Å²) in [6.45, 7) is 13.7. The number of nitrogens with one attached hydrogen (secondary N) is 1. The third kappa shape index (κ3) is 5.00. The number of hydrogen-bond donors (Lipinski definition) is 1. The van der Waals surface area contributed by atoms with Crippen molar-refractivity contribution in [3.63, 3.8) is 0 Å². The van der Waals surface area contributed by atoms with Crippen LogP contribution in [0.2, 0.25) is 12.1 Å². The van der Waals surface area contributed by atoms with E-state index in [9.17, 15) is 0 Å². The van der Waals surface area contributed by atoms with Gasteiger partial charge in [0.2, 0.25) is 0 Å². The van der Waals surface area contributed by atoms with E-state index in [0.717, 1.165) is 5.54 Å². The van der Waals surface area contributed by atoms with E-state index in [0.29, 0.717) is 5.54 Å². The second kappa shape index (κ2) is 3.53. The molecule has 0 saturated carbocycles. The standard InChI is InChI=1S/C8H21NSi/c1-7(2)10(6)9-8(3,4)5/h7,9-10H,1-6H3. The fourth-order valence-electron chi connectivity index (χ4n) is 0.850. The Balaban J connectivity index is 3.68. The number of hydrogen-bond acceptors (Lipinski definition) is 1. The normalized spacial score (nSPS) is 15.9. The first-order valence-electron chi connectivity index (χ1n) is 4.10. The number of rotatable bonds is 2. The summed E-state index contributed by atoms with van der Waals surface area (Å²) in [4.78, 5) is 3.66. The van der Waals surface area contributed by atoms with Crippen LogP contribution in [0.15, 0.2) is 0 Å². The zero-order valence-corrected chi connectivity index (χ0v) is 9.31. The van der Waals surface area contributed by atoms with Crippen molar-refractivity contribution in [1.29, 1.82) is 0 Å². The lowest BCUT2D eigenvalue weighted by Gasteiger charge is -2.27. The van der Waals surface area contributed by atoms with Gasteiger partial charge >= 0.3 is 0 Å². The van der Waals surface area contributed by atoms with Crippen molar-refractivity contribution in [2.45, 2.75) is 52.2 Å². The molecule has 0 rings (SSSR count). The predicted molar refractivity (Wildman–Crippen MR) is 51.0 cm³/mol. The van der Waals surface area contributed by atoms with E-state index in [1.165, 1.54) is 0 Å². The molecule has 0 aromatic heterocycles. The van der Waals surface area contributed by atoms with Crippen LogP contribution in [-0.4, -0.2) is 14.5 Å². The highest BCUT2D eigenvalue weighted by Gasteiger charge is 2.16. The van der Waals surface area contributed by atoms with Gasteiger partial charge in [0, 0.05) is 5.54 Å². The summed E-state index contributed by atoms with van der Waals surface area (Å²) >= 11 is 0. The third-order valence-electron chi connectivity index (χ3n) is 1.66. The maximum atomic E-state index is 3.66. The highest BCUT2D eigenvalue weighted by molar-refractivity contribution is 6.56. The van der Waals surface area contributed by atoms with Gasteiger partial charge in [0.05, 0.1) is 0 Å². The van der Waals surface area contributed by atoms with Crippen LogP contribution in [0.3, 0.4) is 0 Å². The molecule has 62 valence electrons. The van der Waals surface area contributed by atoms with Gasteiger partial charge in [0.15, 0.2) is 0 Å². The minimum Gasteiger partial charge on any atom is -0.335 e. The van der Waals surface area contributed by atoms with Gasteiger partial charge in [0.1, 0.15) is 8.96 Å². The summed E-state index contributed by atoms with van der Waals surface area (Å²) < 4.78 is 0. The molecule has 1 N–H and O–H groups in total. The van der Waals surface area contributed by atoms with Gasteiger partial charge in [-0.3, -0.25) is 0 Å². The molecule has 2 heteroatoms. The molecule has 1 nitrogen and oxygen atoms in total. The first-order valence-corrected chi connectivity index (χ1v) is 6.50. The van der Waals surface area contributed by atoms with Crippen LogP contribution in [0.25, 0.3) is 0 Å². The molecular weight excluding hydrogens is 138 g/mol. The lowest BCUT2D eigenvalue weighted by molar-refractivity contribution is 0.514. The quantitative estimate of drug-likeness (QED) is 0.609. The highest BCUT2D eigenvalue weighted by atomic mass is 28.3. The van der Waals surface area contributed by atoms with Crippen molar-refractivity contribution >= 4 is 8.96 Å². The summed E-state index contributed by atoms with van der Waals surface area (Å²) in [7, 11) is -0.650. The third-order valence-corrected chi connectivity index (χ3v) is 4.98. The molecule has 0 aliphatic rings. The SMILES string of the molecule is CC(C)[SiH](C)NC(C)(C)C. The highest BCUT2D eigenvalue weighted by Crippen LogP contribution is 2.08. The smallest absolute Gasteiger partial charge is 0.108 e. The maximum Gasteiger partial charge on any atom is 0.108 e. The largest absolute Gasteiger partial charge is 0.335 e. The summed E-state index contributed by atoms with van der Waals surface area (Å²) in [5, 5.41) is 0. The van der Waals surface area contributed by atoms with Crippen molar-refractivity contribution in [3.05, 3.63) is 0 Å². The van der Waals surface area contributed by atoms with E-state index in [4.69, 9.17) is 0 Å². The first kappa shape index (κ1) is 10.2. The van der Waals surface area contributed by atoms with Crippen LogP contribution < -0.4 is 4.98 Å².